The molecule has 2 rings (SSSR count). The highest BCUT2D eigenvalue weighted by Gasteiger charge is 2.07. The molecule has 2 aromatic rings. The van der Waals surface area contributed by atoms with Crippen molar-refractivity contribution in [1.29, 1.82) is 0 Å². The first kappa shape index (κ1) is 14.2. The van der Waals surface area contributed by atoms with Gasteiger partial charge in [0.05, 0.1) is 4.92 Å². The second kappa shape index (κ2) is 6.30. The number of rotatable bonds is 5. The van der Waals surface area contributed by atoms with E-state index < -0.39 is 0 Å². The Bertz CT molecular complexity index is 594. The smallest absolute Gasteiger partial charge is 0.269 e. The molecule has 20 heavy (non-hydrogen) atoms. The van der Waals surface area contributed by atoms with Crippen LogP contribution < -0.4 is 5.32 Å². The Morgan fingerprint density at radius 1 is 1.20 bits per heavy atom. The minimum absolute atomic E-state index is 0.125. The van der Waals surface area contributed by atoms with Crippen LogP contribution in [0.1, 0.15) is 29.7 Å². The summed E-state index contributed by atoms with van der Waals surface area (Å²) in [5, 5.41) is 14.0. The van der Waals surface area contributed by atoms with Crippen LogP contribution in [0, 0.1) is 17.0 Å². The monoisotopic (exact) mass is 270 g/mol. The highest BCUT2D eigenvalue weighted by molar-refractivity contribution is 5.33. The number of aryl methyl sites for hydroxylation is 1. The van der Waals surface area contributed by atoms with Gasteiger partial charge >= 0.3 is 0 Å². The van der Waals surface area contributed by atoms with E-state index in [1.54, 1.807) is 12.1 Å². The molecule has 0 heterocycles. The summed E-state index contributed by atoms with van der Waals surface area (Å²) in [5.74, 6) is 0. The van der Waals surface area contributed by atoms with Crippen molar-refractivity contribution in [1.82, 2.24) is 5.32 Å². The van der Waals surface area contributed by atoms with Crippen molar-refractivity contribution < 1.29 is 4.92 Å². The van der Waals surface area contributed by atoms with Crippen molar-refractivity contribution >= 4 is 5.69 Å². The van der Waals surface area contributed by atoms with Gasteiger partial charge in [-0.3, -0.25) is 10.1 Å². The zero-order valence-corrected chi connectivity index (χ0v) is 11.7. The summed E-state index contributed by atoms with van der Waals surface area (Å²) < 4.78 is 0. The molecule has 0 amide bonds. The van der Waals surface area contributed by atoms with Crippen LogP contribution in [-0.4, -0.2) is 4.92 Å². The van der Waals surface area contributed by atoms with E-state index in [4.69, 9.17) is 0 Å². The molecule has 1 N–H and O–H groups in total. The summed E-state index contributed by atoms with van der Waals surface area (Å²) in [6.07, 6.45) is 0. The van der Waals surface area contributed by atoms with E-state index in [-0.39, 0.29) is 16.7 Å². The fourth-order valence-electron chi connectivity index (χ4n) is 2.06. The molecule has 2 aromatic carbocycles. The van der Waals surface area contributed by atoms with Crippen molar-refractivity contribution in [2.24, 2.45) is 0 Å². The van der Waals surface area contributed by atoms with Gasteiger partial charge in [-0.15, -0.1) is 0 Å². The molecule has 0 fully saturated rings. The largest absolute Gasteiger partial charge is 0.306 e. The zero-order valence-electron chi connectivity index (χ0n) is 11.7. The minimum Gasteiger partial charge on any atom is -0.306 e. The van der Waals surface area contributed by atoms with Crippen LogP contribution in [0.25, 0.3) is 0 Å². The molecule has 0 aliphatic heterocycles. The van der Waals surface area contributed by atoms with Crippen LogP contribution in [0.15, 0.2) is 48.5 Å². The summed E-state index contributed by atoms with van der Waals surface area (Å²) in [6, 6.07) is 15.3. The maximum atomic E-state index is 10.6. The number of hydrogen-bond donors (Lipinski definition) is 1. The molecule has 4 nitrogen and oxygen atoms in total. The molecule has 4 heteroatoms. The van der Waals surface area contributed by atoms with E-state index in [9.17, 15) is 10.1 Å². The van der Waals surface area contributed by atoms with E-state index in [0.29, 0.717) is 6.54 Å². The summed E-state index contributed by atoms with van der Waals surface area (Å²) in [6.45, 7) is 4.87. The first-order valence-electron chi connectivity index (χ1n) is 6.59. The van der Waals surface area contributed by atoms with E-state index in [1.165, 1.54) is 23.3 Å². The fourth-order valence-corrected chi connectivity index (χ4v) is 2.06. The van der Waals surface area contributed by atoms with Gasteiger partial charge in [-0.2, -0.15) is 0 Å². The molecule has 0 aliphatic rings. The maximum Gasteiger partial charge on any atom is 0.269 e. The quantitative estimate of drug-likeness (QED) is 0.665. The molecular weight excluding hydrogens is 252 g/mol. The van der Waals surface area contributed by atoms with Crippen LogP contribution in [0.4, 0.5) is 5.69 Å². The third-order valence-electron chi connectivity index (χ3n) is 3.30. The van der Waals surface area contributed by atoms with Gasteiger partial charge in [0.2, 0.25) is 0 Å². The number of nitro groups is 1. The van der Waals surface area contributed by atoms with Gasteiger partial charge in [0, 0.05) is 24.7 Å². The Balaban J connectivity index is 1.96. The van der Waals surface area contributed by atoms with Crippen molar-refractivity contribution in [3.05, 3.63) is 75.3 Å². The van der Waals surface area contributed by atoms with Gasteiger partial charge in [0.1, 0.15) is 0 Å². The summed E-state index contributed by atoms with van der Waals surface area (Å²) in [4.78, 5) is 10.2. The lowest BCUT2D eigenvalue weighted by atomic mass is 10.1. The van der Waals surface area contributed by atoms with Gasteiger partial charge in [0.25, 0.3) is 5.69 Å². The normalized spacial score (nSPS) is 12.1. The number of nitro benzene ring substituents is 1. The van der Waals surface area contributed by atoms with Gasteiger partial charge in [0.15, 0.2) is 0 Å². The zero-order chi connectivity index (χ0) is 14.5. The van der Waals surface area contributed by atoms with E-state index in [0.717, 1.165) is 5.56 Å². The molecule has 0 aromatic heterocycles. The first-order valence-corrected chi connectivity index (χ1v) is 6.59. The molecule has 0 bridgehead atoms. The third kappa shape index (κ3) is 3.65. The summed E-state index contributed by atoms with van der Waals surface area (Å²) in [5.41, 5.74) is 3.65. The first-order chi connectivity index (χ1) is 9.56. The Hall–Kier alpha value is -2.20. The van der Waals surface area contributed by atoms with Gasteiger partial charge < -0.3 is 5.32 Å². The second-order valence-electron chi connectivity index (χ2n) is 4.94. The summed E-state index contributed by atoms with van der Waals surface area (Å²) >= 11 is 0. The number of nitrogens with one attached hydrogen (secondary N) is 1. The van der Waals surface area contributed by atoms with Gasteiger partial charge in [-0.25, -0.2) is 0 Å². The molecule has 0 spiro atoms. The Morgan fingerprint density at radius 3 is 2.50 bits per heavy atom. The highest BCUT2D eigenvalue weighted by atomic mass is 16.6. The third-order valence-corrected chi connectivity index (χ3v) is 3.30. The van der Waals surface area contributed by atoms with Crippen LogP contribution in [-0.2, 0) is 6.54 Å². The van der Waals surface area contributed by atoms with Crippen molar-refractivity contribution in [2.75, 3.05) is 0 Å². The molecule has 0 unspecified atom stereocenters. The molecule has 0 aliphatic carbocycles. The van der Waals surface area contributed by atoms with Crippen LogP contribution in [0.5, 0.6) is 0 Å². The van der Waals surface area contributed by atoms with Crippen LogP contribution in [0.2, 0.25) is 0 Å². The number of benzene rings is 2. The number of non-ortho nitro benzene ring substituents is 1. The van der Waals surface area contributed by atoms with Crippen molar-refractivity contribution in [3.63, 3.8) is 0 Å². The van der Waals surface area contributed by atoms with E-state index >= 15 is 0 Å². The fraction of sp³-hybridized carbons (Fsp3) is 0.250. The lowest BCUT2D eigenvalue weighted by Gasteiger charge is -2.14. The predicted octanol–water partition coefficient (Wildman–Crippen LogP) is 3.75. The topological polar surface area (TPSA) is 55.2 Å². The molecule has 1 atom stereocenters. The predicted molar refractivity (Wildman–Crippen MR) is 79.5 cm³/mol. The van der Waals surface area contributed by atoms with Gasteiger partial charge in [-0.1, -0.05) is 42.0 Å². The number of nitrogens with zero attached hydrogens (tertiary/aromatic N) is 1. The Morgan fingerprint density at radius 2 is 1.90 bits per heavy atom. The maximum absolute atomic E-state index is 10.6. The SMILES string of the molecule is Cc1cccc([C@H](C)NCc2ccc([N+](=O)[O-])cc2)c1. The molecule has 0 saturated carbocycles. The van der Waals surface area contributed by atoms with Crippen molar-refractivity contribution in [3.8, 4) is 0 Å². The lowest BCUT2D eigenvalue weighted by Crippen LogP contribution is -2.18. The van der Waals surface area contributed by atoms with Gasteiger partial charge in [-0.05, 0) is 25.0 Å². The molecule has 104 valence electrons. The number of hydrogen-bond acceptors (Lipinski definition) is 3. The van der Waals surface area contributed by atoms with E-state index in [2.05, 4.69) is 43.4 Å². The Kier molecular flexibility index (Phi) is 4.48. The molecule has 0 saturated heterocycles. The molecule has 0 radical (unpaired) electrons. The van der Waals surface area contributed by atoms with E-state index in [1.807, 2.05) is 0 Å². The second-order valence-corrected chi connectivity index (χ2v) is 4.94. The van der Waals surface area contributed by atoms with Crippen LogP contribution >= 0.6 is 0 Å². The average molecular weight is 270 g/mol. The highest BCUT2D eigenvalue weighted by Crippen LogP contribution is 2.16. The lowest BCUT2D eigenvalue weighted by molar-refractivity contribution is -0.384. The van der Waals surface area contributed by atoms with Crippen LogP contribution in [0.3, 0.4) is 0 Å². The standard InChI is InChI=1S/C16H18N2O2/c1-12-4-3-5-15(10-12)13(2)17-11-14-6-8-16(9-7-14)18(19)20/h3-10,13,17H,11H2,1-2H3/t13-/m0/s1. The summed E-state index contributed by atoms with van der Waals surface area (Å²) in [7, 11) is 0. The van der Waals surface area contributed by atoms with Crippen molar-refractivity contribution in [2.45, 2.75) is 26.4 Å². The molecular formula is C16H18N2O2. The minimum atomic E-state index is -0.382. The average Bonchev–Trinajstić information content (AvgIpc) is 2.45. The Labute approximate surface area is 118 Å².